The van der Waals surface area contributed by atoms with E-state index in [0.717, 1.165) is 0 Å². The molecule has 27 heavy (non-hydrogen) atoms. The van der Waals surface area contributed by atoms with Crippen LogP contribution < -0.4 is 5.32 Å². The number of benzene rings is 2. The SMILES string of the molecule is COC(=O)c1ccc(NC(=O)CCc2ncc(-c3ccccc3F)o2)cc1. The fourth-order valence-electron chi connectivity index (χ4n) is 2.46. The van der Waals surface area contributed by atoms with E-state index >= 15 is 0 Å². The second-order valence-electron chi connectivity index (χ2n) is 5.72. The minimum Gasteiger partial charge on any atom is -0.465 e. The number of hydrogen-bond acceptors (Lipinski definition) is 5. The molecule has 0 aliphatic heterocycles. The molecular formula is C20H17FN2O4. The maximum atomic E-state index is 13.8. The van der Waals surface area contributed by atoms with E-state index in [2.05, 4.69) is 15.0 Å². The Balaban J connectivity index is 1.55. The molecule has 3 aromatic rings. The molecule has 0 aliphatic carbocycles. The van der Waals surface area contributed by atoms with E-state index in [-0.39, 0.29) is 18.7 Å². The lowest BCUT2D eigenvalue weighted by Crippen LogP contribution is -2.12. The number of nitrogens with one attached hydrogen (secondary N) is 1. The Bertz CT molecular complexity index is 951. The van der Waals surface area contributed by atoms with Gasteiger partial charge in [0, 0.05) is 18.5 Å². The first-order valence-corrected chi connectivity index (χ1v) is 8.24. The van der Waals surface area contributed by atoms with Crippen LogP contribution in [0.4, 0.5) is 10.1 Å². The third kappa shape index (κ3) is 4.58. The molecule has 0 saturated heterocycles. The van der Waals surface area contributed by atoms with Crippen molar-refractivity contribution in [2.45, 2.75) is 12.8 Å². The molecule has 1 amide bonds. The molecule has 0 atom stereocenters. The number of hydrogen-bond donors (Lipinski definition) is 1. The smallest absolute Gasteiger partial charge is 0.337 e. The predicted molar refractivity (Wildman–Crippen MR) is 96.6 cm³/mol. The van der Waals surface area contributed by atoms with Gasteiger partial charge in [0.1, 0.15) is 5.82 Å². The van der Waals surface area contributed by atoms with Crippen LogP contribution in [0.3, 0.4) is 0 Å². The highest BCUT2D eigenvalue weighted by atomic mass is 19.1. The normalized spacial score (nSPS) is 10.4. The first-order chi connectivity index (χ1) is 13.1. The molecule has 2 aromatic carbocycles. The molecule has 7 heteroatoms. The maximum Gasteiger partial charge on any atom is 0.337 e. The predicted octanol–water partition coefficient (Wildman–Crippen LogP) is 3.84. The first-order valence-electron chi connectivity index (χ1n) is 8.24. The minimum atomic E-state index is -0.442. The zero-order valence-electron chi connectivity index (χ0n) is 14.6. The molecule has 0 aliphatic rings. The van der Waals surface area contributed by atoms with Gasteiger partial charge in [-0.1, -0.05) is 12.1 Å². The average Bonchev–Trinajstić information content (AvgIpc) is 3.15. The Hall–Kier alpha value is -3.48. The Morgan fingerprint density at radius 1 is 1.15 bits per heavy atom. The van der Waals surface area contributed by atoms with Crippen LogP contribution in [0.5, 0.6) is 0 Å². The minimum absolute atomic E-state index is 0.149. The van der Waals surface area contributed by atoms with Crippen LogP contribution in [-0.4, -0.2) is 24.0 Å². The van der Waals surface area contributed by atoms with Crippen molar-refractivity contribution < 1.29 is 23.1 Å². The summed E-state index contributed by atoms with van der Waals surface area (Å²) in [4.78, 5) is 27.5. The van der Waals surface area contributed by atoms with Crippen molar-refractivity contribution in [1.82, 2.24) is 4.98 Å². The van der Waals surface area contributed by atoms with Gasteiger partial charge in [0.25, 0.3) is 0 Å². The van der Waals surface area contributed by atoms with Crippen LogP contribution in [0.1, 0.15) is 22.7 Å². The van der Waals surface area contributed by atoms with Gasteiger partial charge in [-0.2, -0.15) is 0 Å². The lowest BCUT2D eigenvalue weighted by molar-refractivity contribution is -0.116. The first kappa shape index (κ1) is 18.3. The number of rotatable bonds is 6. The van der Waals surface area contributed by atoms with Crippen molar-refractivity contribution >= 4 is 17.6 Å². The number of ether oxygens (including phenoxy) is 1. The fraction of sp³-hybridized carbons (Fsp3) is 0.150. The van der Waals surface area contributed by atoms with E-state index in [4.69, 9.17) is 4.42 Å². The molecule has 3 rings (SSSR count). The number of esters is 1. The van der Waals surface area contributed by atoms with Crippen molar-refractivity contribution in [1.29, 1.82) is 0 Å². The van der Waals surface area contributed by atoms with E-state index in [9.17, 15) is 14.0 Å². The average molecular weight is 368 g/mol. The summed E-state index contributed by atoms with van der Waals surface area (Å²) in [5, 5.41) is 2.72. The summed E-state index contributed by atoms with van der Waals surface area (Å²) < 4.78 is 23.9. The number of carbonyl (C=O) groups excluding carboxylic acids is 2. The van der Waals surface area contributed by atoms with Crippen molar-refractivity contribution in [2.75, 3.05) is 12.4 Å². The van der Waals surface area contributed by atoms with Crippen molar-refractivity contribution in [3.63, 3.8) is 0 Å². The number of amides is 1. The quantitative estimate of drug-likeness (QED) is 0.669. The van der Waals surface area contributed by atoms with Gasteiger partial charge in [-0.3, -0.25) is 4.79 Å². The van der Waals surface area contributed by atoms with Gasteiger partial charge in [0.05, 0.1) is 24.4 Å². The zero-order chi connectivity index (χ0) is 19.2. The number of carbonyl (C=O) groups is 2. The number of oxazole rings is 1. The summed E-state index contributed by atoms with van der Waals surface area (Å²) in [5.41, 5.74) is 1.29. The van der Waals surface area contributed by atoms with Gasteiger partial charge < -0.3 is 14.5 Å². The van der Waals surface area contributed by atoms with Gasteiger partial charge in [-0.05, 0) is 36.4 Å². The Kier molecular flexibility index (Phi) is 5.61. The monoisotopic (exact) mass is 368 g/mol. The molecule has 6 nitrogen and oxygen atoms in total. The van der Waals surface area contributed by atoms with Crippen LogP contribution >= 0.6 is 0 Å². The Morgan fingerprint density at radius 3 is 2.59 bits per heavy atom. The molecular weight excluding hydrogens is 351 g/mol. The maximum absolute atomic E-state index is 13.8. The third-order valence-corrected chi connectivity index (χ3v) is 3.85. The molecule has 0 spiro atoms. The zero-order valence-corrected chi connectivity index (χ0v) is 14.6. The highest BCUT2D eigenvalue weighted by Gasteiger charge is 2.12. The number of aromatic nitrogens is 1. The van der Waals surface area contributed by atoms with Gasteiger partial charge in [-0.25, -0.2) is 14.2 Å². The number of halogens is 1. The summed E-state index contributed by atoms with van der Waals surface area (Å²) in [6.07, 6.45) is 1.87. The Labute approximate surface area is 155 Å². The standard InChI is InChI=1S/C20H17FN2O4/c1-26-20(25)13-6-8-14(9-7-13)23-18(24)10-11-19-22-12-17(27-19)15-4-2-3-5-16(15)21/h2-9,12H,10-11H2,1H3,(H,23,24). The molecule has 138 valence electrons. The number of nitrogens with zero attached hydrogens (tertiary/aromatic N) is 1. The molecule has 1 N–H and O–H groups in total. The lowest BCUT2D eigenvalue weighted by atomic mass is 10.2. The summed E-state index contributed by atoms with van der Waals surface area (Å²) in [6, 6.07) is 12.6. The molecule has 0 fully saturated rings. The number of aryl methyl sites for hydroxylation is 1. The molecule has 0 unspecified atom stereocenters. The van der Waals surface area contributed by atoms with Gasteiger partial charge in [0.2, 0.25) is 5.91 Å². The molecule has 1 heterocycles. The van der Waals surface area contributed by atoms with Crippen LogP contribution in [0, 0.1) is 5.82 Å². The molecule has 0 saturated carbocycles. The highest BCUT2D eigenvalue weighted by Crippen LogP contribution is 2.23. The topological polar surface area (TPSA) is 81.4 Å². The van der Waals surface area contributed by atoms with Crippen LogP contribution in [0.15, 0.2) is 59.1 Å². The van der Waals surface area contributed by atoms with E-state index < -0.39 is 11.8 Å². The van der Waals surface area contributed by atoms with Gasteiger partial charge in [-0.15, -0.1) is 0 Å². The summed E-state index contributed by atoms with van der Waals surface area (Å²) in [5.74, 6) is -0.395. The molecule has 0 bridgehead atoms. The largest absolute Gasteiger partial charge is 0.465 e. The van der Waals surface area contributed by atoms with E-state index in [0.29, 0.717) is 28.5 Å². The van der Waals surface area contributed by atoms with Gasteiger partial charge >= 0.3 is 5.97 Å². The van der Waals surface area contributed by atoms with Crippen molar-refractivity contribution in [3.8, 4) is 11.3 Å². The second-order valence-corrected chi connectivity index (χ2v) is 5.72. The molecule has 1 aromatic heterocycles. The highest BCUT2D eigenvalue weighted by molar-refractivity contribution is 5.93. The van der Waals surface area contributed by atoms with E-state index in [1.807, 2.05) is 0 Å². The van der Waals surface area contributed by atoms with Crippen LogP contribution in [0.2, 0.25) is 0 Å². The molecule has 0 radical (unpaired) electrons. The lowest BCUT2D eigenvalue weighted by Gasteiger charge is -2.05. The van der Waals surface area contributed by atoms with Crippen LogP contribution in [0.25, 0.3) is 11.3 Å². The number of anilines is 1. The summed E-state index contributed by atoms with van der Waals surface area (Å²) in [7, 11) is 1.30. The van der Waals surface area contributed by atoms with Crippen LogP contribution in [-0.2, 0) is 16.0 Å². The number of methoxy groups -OCH3 is 1. The summed E-state index contributed by atoms with van der Waals surface area (Å²) >= 11 is 0. The third-order valence-electron chi connectivity index (χ3n) is 3.85. The fourth-order valence-corrected chi connectivity index (χ4v) is 2.46. The van der Waals surface area contributed by atoms with Crippen molar-refractivity contribution in [3.05, 3.63) is 72.0 Å². The second kappa shape index (κ2) is 8.27. The summed E-state index contributed by atoms with van der Waals surface area (Å²) in [6.45, 7) is 0. The Morgan fingerprint density at radius 2 is 1.89 bits per heavy atom. The van der Waals surface area contributed by atoms with E-state index in [1.165, 1.54) is 19.4 Å². The van der Waals surface area contributed by atoms with Crippen molar-refractivity contribution in [2.24, 2.45) is 0 Å². The van der Waals surface area contributed by atoms with Gasteiger partial charge in [0.15, 0.2) is 11.7 Å². The van der Waals surface area contributed by atoms with E-state index in [1.54, 1.807) is 42.5 Å².